The standard InChI is InChI=1S/C102H96F4N2O/c1-3-65-19-31-75(32-20-65)101(77-35-43-81(105)44-36-77)95-17-7-5-15-89(95)91-55-51-85(61-97(91)101)107(83-47-27-69(28-48-83)73-13-9-11-71(59-73)67-23-39-79(103)40-24-67)87-53-57-93-94-58-54-88(64-100(94)109-99(93)63-87)108(84-49-29-70(30-50-84)74-14-10-12-72(60-74)68-25-41-80(104)42-26-68)86-52-56-92-90-16-6-8-18-96(90)102(98(92)62-86,78-37-45-82(106)46-38-78)76-33-21-66(4-2)22-34-76/h3-4,9,11,19-23,25-27,29,31-35,37-45,47,49-51,53-55,57-58,60-64,67,70-73,77,82,94,100H,1-2,5-8,10,12-18,24,28,30,36,46,48,52,56,59H2. The maximum absolute atomic E-state index is 15.4. The number of hydrogen-bond acceptors (Lipinski definition) is 3. The maximum atomic E-state index is 15.4. The third-order valence-electron chi connectivity index (χ3n) is 27.2. The zero-order valence-electron chi connectivity index (χ0n) is 62.4. The summed E-state index contributed by atoms with van der Waals surface area (Å²) in [5.41, 5.74) is 28.1. The highest BCUT2D eigenvalue weighted by atomic mass is 19.1. The van der Waals surface area contributed by atoms with Crippen molar-refractivity contribution in [3.63, 3.8) is 0 Å². The van der Waals surface area contributed by atoms with Crippen LogP contribution in [0.15, 0.2) is 329 Å². The van der Waals surface area contributed by atoms with Crippen molar-refractivity contribution in [3.8, 4) is 5.75 Å². The first kappa shape index (κ1) is 69.5. The second-order valence-electron chi connectivity index (χ2n) is 32.9. The van der Waals surface area contributed by atoms with Gasteiger partial charge in [0.15, 0.2) is 0 Å². The zero-order chi connectivity index (χ0) is 73.5. The van der Waals surface area contributed by atoms with Crippen LogP contribution in [0.3, 0.4) is 0 Å². The number of rotatable bonds is 16. The molecule has 0 bridgehead atoms. The second kappa shape index (κ2) is 28.8. The average Bonchev–Trinajstić information content (AvgIpc) is 1.58. The molecule has 14 aliphatic rings. The number of alkyl halides is 1. The molecule has 1 heterocycles. The highest BCUT2D eigenvalue weighted by Crippen LogP contribution is 2.64. The van der Waals surface area contributed by atoms with E-state index < -0.39 is 17.0 Å². The normalized spacial score (nSPS) is 29.2. The lowest BCUT2D eigenvalue weighted by atomic mass is 9.60. The van der Waals surface area contributed by atoms with Crippen molar-refractivity contribution in [2.24, 2.45) is 29.6 Å². The lowest BCUT2D eigenvalue weighted by molar-refractivity contribution is 0.264. The minimum atomic E-state index is -1.02. The Morgan fingerprint density at radius 1 is 0.514 bits per heavy atom. The predicted molar refractivity (Wildman–Crippen MR) is 439 cm³/mol. The molecule has 7 heteroatoms. The maximum Gasteiger partial charge on any atom is 0.130 e. The number of nitrogens with zero attached hydrogens (tertiary/aromatic N) is 2. The minimum Gasteiger partial charge on any atom is -0.485 e. The van der Waals surface area contributed by atoms with Crippen molar-refractivity contribution in [2.45, 2.75) is 170 Å². The van der Waals surface area contributed by atoms with Crippen LogP contribution in [0, 0.1) is 35.4 Å². The molecule has 0 saturated carbocycles. The van der Waals surface area contributed by atoms with Crippen molar-refractivity contribution in [3.05, 3.63) is 379 Å². The highest BCUT2D eigenvalue weighted by Gasteiger charge is 2.53. The predicted octanol–water partition coefficient (Wildman–Crippen LogP) is 26.9. The summed E-state index contributed by atoms with van der Waals surface area (Å²) >= 11 is 0. The minimum absolute atomic E-state index is 0.00332. The molecule has 0 aromatic heterocycles. The Kier molecular flexibility index (Phi) is 18.4. The number of allylic oxidation sites excluding steroid dienone is 32. The molecule has 11 unspecified atom stereocenters. The number of ether oxygens (including phenoxy) is 1. The van der Waals surface area contributed by atoms with E-state index >= 15 is 8.78 Å². The Morgan fingerprint density at radius 3 is 1.99 bits per heavy atom. The molecule has 11 atom stereocenters. The van der Waals surface area contributed by atoms with Gasteiger partial charge in [0.05, 0.1) is 5.41 Å². The van der Waals surface area contributed by atoms with Gasteiger partial charge < -0.3 is 14.5 Å². The van der Waals surface area contributed by atoms with Crippen LogP contribution in [0.25, 0.3) is 17.7 Å². The monoisotopic (exact) mass is 1440 g/mol. The van der Waals surface area contributed by atoms with Crippen LogP contribution in [0.1, 0.15) is 191 Å². The molecule has 0 spiro atoms. The first-order chi connectivity index (χ1) is 53.5. The van der Waals surface area contributed by atoms with E-state index in [9.17, 15) is 8.78 Å². The van der Waals surface area contributed by atoms with Gasteiger partial charge in [-0.3, -0.25) is 0 Å². The fourth-order valence-corrected chi connectivity index (χ4v) is 22.0. The summed E-state index contributed by atoms with van der Waals surface area (Å²) in [6, 6.07) is 39.5. The van der Waals surface area contributed by atoms with Crippen molar-refractivity contribution >= 4 is 29.1 Å². The van der Waals surface area contributed by atoms with Gasteiger partial charge in [0.2, 0.25) is 0 Å². The number of hydrogen-bond donors (Lipinski definition) is 0. The first-order valence-corrected chi connectivity index (χ1v) is 40.8. The van der Waals surface area contributed by atoms with Gasteiger partial charge in [-0.2, -0.15) is 0 Å². The summed E-state index contributed by atoms with van der Waals surface area (Å²) in [6.45, 7) is 8.29. The van der Waals surface area contributed by atoms with Crippen LogP contribution < -0.4 is 9.64 Å². The van der Waals surface area contributed by atoms with Gasteiger partial charge in [-0.25, -0.2) is 17.6 Å². The van der Waals surface area contributed by atoms with E-state index in [1.807, 2.05) is 24.3 Å². The quantitative estimate of drug-likeness (QED) is 0.0723. The third kappa shape index (κ3) is 12.2. The summed E-state index contributed by atoms with van der Waals surface area (Å²) < 4.78 is 66.8. The number of anilines is 2. The average molecular weight is 1440 g/mol. The van der Waals surface area contributed by atoms with Crippen LogP contribution in [-0.2, 0) is 10.8 Å². The topological polar surface area (TPSA) is 15.7 Å². The van der Waals surface area contributed by atoms with Gasteiger partial charge in [0.1, 0.15) is 35.5 Å². The van der Waals surface area contributed by atoms with Crippen molar-refractivity contribution in [1.29, 1.82) is 0 Å². The summed E-state index contributed by atoms with van der Waals surface area (Å²) in [5, 5.41) is 0. The molecule has 19 rings (SSSR count). The highest BCUT2D eigenvalue weighted by molar-refractivity contribution is 5.87. The number of halogens is 4. The molecule has 5 aromatic rings. The van der Waals surface area contributed by atoms with Gasteiger partial charge >= 0.3 is 0 Å². The van der Waals surface area contributed by atoms with Crippen molar-refractivity contribution < 1.29 is 22.3 Å². The largest absolute Gasteiger partial charge is 0.485 e. The van der Waals surface area contributed by atoms with Crippen molar-refractivity contribution in [1.82, 2.24) is 4.90 Å². The van der Waals surface area contributed by atoms with E-state index in [2.05, 4.69) is 205 Å². The molecule has 548 valence electrons. The Labute approximate surface area is 641 Å². The van der Waals surface area contributed by atoms with E-state index in [-0.39, 0.29) is 47.2 Å². The van der Waals surface area contributed by atoms with Crippen LogP contribution in [0.2, 0.25) is 0 Å². The molecular weight excluding hydrogens is 1350 g/mol. The van der Waals surface area contributed by atoms with E-state index in [0.29, 0.717) is 30.6 Å². The Hall–Kier alpha value is -9.98. The fourth-order valence-electron chi connectivity index (χ4n) is 22.0. The first-order valence-electron chi connectivity index (χ1n) is 40.8. The smallest absolute Gasteiger partial charge is 0.130 e. The molecule has 0 amide bonds. The van der Waals surface area contributed by atoms with E-state index in [0.717, 1.165) is 162 Å². The molecule has 0 N–H and O–H groups in total. The third-order valence-corrected chi connectivity index (χ3v) is 27.2. The van der Waals surface area contributed by atoms with Crippen LogP contribution >= 0.6 is 0 Å². The van der Waals surface area contributed by atoms with E-state index in [1.165, 1.54) is 94.9 Å². The molecule has 0 saturated heterocycles. The Morgan fingerprint density at radius 2 is 1.26 bits per heavy atom. The molecule has 0 radical (unpaired) electrons. The lowest BCUT2D eigenvalue weighted by Crippen LogP contribution is -2.37. The summed E-state index contributed by atoms with van der Waals surface area (Å²) in [6.07, 6.45) is 68.8. The Balaban J connectivity index is 0.708. The SMILES string of the molecule is C=Cc1ccc(C2(C3=CCC(F)C=C3)C3=C(CCC(N(C4=CCC(C5=CC(c6ccc(F)cc6)CCC5)C=C4)C4=CC5Oc6cc(N(C7=CC=C(C8CC=CC(C9C=CC(F)=CC9)C8)CC7)c7ccc8c(c7)C(c7ccc(C=C)cc7)(C7C=CC(F)=CC7)C7=C8CCCC7)ccc6C5C=C4)=C3)C3=C2CCCC3)cc1. The van der Waals surface area contributed by atoms with Crippen LogP contribution in [0.4, 0.5) is 28.9 Å². The molecule has 5 aromatic carbocycles. The lowest BCUT2D eigenvalue weighted by Gasteiger charge is -2.42. The summed E-state index contributed by atoms with van der Waals surface area (Å²) in [4.78, 5) is 5.08. The summed E-state index contributed by atoms with van der Waals surface area (Å²) in [5.74, 6) is 1.93. The van der Waals surface area contributed by atoms with Gasteiger partial charge in [-0.05, 0) is 309 Å². The van der Waals surface area contributed by atoms with Crippen molar-refractivity contribution in [2.75, 3.05) is 4.90 Å². The van der Waals surface area contributed by atoms with Gasteiger partial charge in [-0.15, -0.1) is 0 Å². The van der Waals surface area contributed by atoms with Gasteiger partial charge in [-0.1, -0.05) is 188 Å². The number of fused-ring (bicyclic) bond motifs is 6. The molecule has 0 fully saturated rings. The van der Waals surface area contributed by atoms with Gasteiger partial charge in [0.25, 0.3) is 0 Å². The zero-order valence-corrected chi connectivity index (χ0v) is 62.4. The summed E-state index contributed by atoms with van der Waals surface area (Å²) in [7, 11) is 0. The molecule has 13 aliphatic carbocycles. The van der Waals surface area contributed by atoms with Gasteiger partial charge in [0, 0.05) is 75.4 Å². The van der Waals surface area contributed by atoms with Crippen LogP contribution in [-0.4, -0.2) is 17.2 Å². The molecule has 3 nitrogen and oxygen atoms in total. The van der Waals surface area contributed by atoms with Crippen LogP contribution in [0.5, 0.6) is 5.75 Å². The van der Waals surface area contributed by atoms with E-state index in [4.69, 9.17) is 4.74 Å². The second-order valence-corrected chi connectivity index (χ2v) is 32.9. The number of benzene rings is 5. The fraction of sp³-hybridized carbons (Fsp3) is 0.314. The molecule has 1 aliphatic heterocycles. The van der Waals surface area contributed by atoms with E-state index in [1.54, 1.807) is 42.5 Å². The Bertz CT molecular complexity index is 5190. The molecular formula is C102H96F4N2O. The molecule has 109 heavy (non-hydrogen) atoms.